The quantitative estimate of drug-likeness (QED) is 0.608. The normalized spacial score (nSPS) is 10.6. The van der Waals surface area contributed by atoms with Crippen molar-refractivity contribution >= 4 is 34.7 Å². The van der Waals surface area contributed by atoms with Crippen LogP contribution in [0.25, 0.3) is 0 Å². The molecule has 0 bridgehead atoms. The van der Waals surface area contributed by atoms with E-state index in [0.29, 0.717) is 6.61 Å². The molecule has 19 heavy (non-hydrogen) atoms. The highest BCUT2D eigenvalue weighted by molar-refractivity contribution is 7.98. The van der Waals surface area contributed by atoms with E-state index in [9.17, 15) is 0 Å². The van der Waals surface area contributed by atoms with Crippen LogP contribution < -0.4 is 10.1 Å². The minimum absolute atomic E-state index is 0.664. The minimum atomic E-state index is 0.664. The van der Waals surface area contributed by atoms with Gasteiger partial charge in [0.1, 0.15) is 12.4 Å². The van der Waals surface area contributed by atoms with Crippen LogP contribution in [0, 0.1) is 0 Å². The fourth-order valence-electron chi connectivity index (χ4n) is 1.57. The molecule has 0 fully saturated rings. The third-order valence-corrected chi connectivity index (χ3v) is 4.51. The van der Waals surface area contributed by atoms with E-state index in [1.807, 2.05) is 24.3 Å². The second-order valence-electron chi connectivity index (χ2n) is 3.91. The number of ether oxygens (including phenoxy) is 1. The Labute approximate surface area is 127 Å². The Morgan fingerprint density at radius 1 is 1.21 bits per heavy atom. The van der Waals surface area contributed by atoms with Crippen LogP contribution in [0.1, 0.15) is 4.88 Å². The highest BCUT2D eigenvalue weighted by atomic mass is 35.5. The molecule has 0 saturated carbocycles. The summed E-state index contributed by atoms with van der Waals surface area (Å²) in [6.07, 6.45) is 2.07. The molecule has 0 unspecified atom stereocenters. The first-order valence-corrected chi connectivity index (χ1v) is 8.41. The van der Waals surface area contributed by atoms with Crippen LogP contribution in [-0.4, -0.2) is 19.4 Å². The molecular formula is C14H16ClNOS2. The van der Waals surface area contributed by atoms with Gasteiger partial charge in [-0.3, -0.25) is 0 Å². The first-order valence-electron chi connectivity index (χ1n) is 6.00. The lowest BCUT2D eigenvalue weighted by Crippen LogP contribution is -2.20. The first kappa shape index (κ1) is 14.7. The van der Waals surface area contributed by atoms with Crippen molar-refractivity contribution in [1.82, 2.24) is 5.32 Å². The van der Waals surface area contributed by atoms with E-state index < -0.39 is 0 Å². The molecule has 0 amide bonds. The molecule has 2 rings (SSSR count). The standard InChI is InChI=1S/C14H16ClNOS2/c1-18-12-4-2-11(3-5-12)17-9-8-16-10-13-6-7-14(15)19-13/h2-7,16H,8-10H2,1H3. The lowest BCUT2D eigenvalue weighted by molar-refractivity contribution is 0.313. The Balaban J connectivity index is 1.63. The third-order valence-electron chi connectivity index (χ3n) is 2.54. The SMILES string of the molecule is CSc1ccc(OCCNCc2ccc(Cl)s2)cc1. The number of benzene rings is 1. The average molecular weight is 314 g/mol. The molecule has 0 aliphatic carbocycles. The van der Waals surface area contributed by atoms with Crippen LogP contribution in [0.3, 0.4) is 0 Å². The van der Waals surface area contributed by atoms with Gasteiger partial charge in [0.25, 0.3) is 0 Å². The summed E-state index contributed by atoms with van der Waals surface area (Å²) < 4.78 is 6.49. The Bertz CT molecular complexity index is 498. The zero-order valence-corrected chi connectivity index (χ0v) is 13.1. The van der Waals surface area contributed by atoms with Gasteiger partial charge in [0.15, 0.2) is 0 Å². The van der Waals surface area contributed by atoms with Crippen LogP contribution in [0.4, 0.5) is 0 Å². The van der Waals surface area contributed by atoms with Crippen LogP contribution in [0.5, 0.6) is 5.75 Å². The van der Waals surface area contributed by atoms with Gasteiger partial charge in [0.05, 0.1) is 4.34 Å². The molecule has 0 aliphatic heterocycles. The fraction of sp³-hybridized carbons (Fsp3) is 0.286. The van der Waals surface area contributed by atoms with Crippen molar-refractivity contribution in [2.24, 2.45) is 0 Å². The predicted octanol–water partition coefficient (Wildman–Crippen LogP) is 4.29. The van der Waals surface area contributed by atoms with Gasteiger partial charge < -0.3 is 10.1 Å². The highest BCUT2D eigenvalue weighted by Crippen LogP contribution is 2.21. The van der Waals surface area contributed by atoms with Gasteiger partial charge in [-0.05, 0) is 42.7 Å². The second kappa shape index (κ2) is 7.80. The summed E-state index contributed by atoms with van der Waals surface area (Å²) in [4.78, 5) is 2.49. The highest BCUT2D eigenvalue weighted by Gasteiger charge is 1.98. The molecular weight excluding hydrogens is 298 g/mol. The number of thiophene rings is 1. The summed E-state index contributed by atoms with van der Waals surface area (Å²) >= 11 is 9.21. The van der Waals surface area contributed by atoms with Crippen LogP contribution in [0.15, 0.2) is 41.3 Å². The summed E-state index contributed by atoms with van der Waals surface area (Å²) in [5.41, 5.74) is 0. The molecule has 2 nitrogen and oxygen atoms in total. The maximum absolute atomic E-state index is 5.87. The molecule has 5 heteroatoms. The zero-order chi connectivity index (χ0) is 13.5. The predicted molar refractivity (Wildman–Crippen MR) is 84.8 cm³/mol. The van der Waals surface area contributed by atoms with Gasteiger partial charge in [-0.15, -0.1) is 23.1 Å². The zero-order valence-electron chi connectivity index (χ0n) is 10.7. The summed E-state index contributed by atoms with van der Waals surface area (Å²) in [6, 6.07) is 12.1. The molecule has 0 radical (unpaired) electrons. The first-order chi connectivity index (χ1) is 9.28. The maximum Gasteiger partial charge on any atom is 0.119 e. The third kappa shape index (κ3) is 5.07. The van der Waals surface area contributed by atoms with E-state index in [1.54, 1.807) is 23.1 Å². The van der Waals surface area contributed by atoms with Crippen molar-refractivity contribution < 1.29 is 4.74 Å². The van der Waals surface area contributed by atoms with Gasteiger partial charge >= 0.3 is 0 Å². The van der Waals surface area contributed by atoms with Crippen molar-refractivity contribution in [2.75, 3.05) is 19.4 Å². The van der Waals surface area contributed by atoms with E-state index >= 15 is 0 Å². The van der Waals surface area contributed by atoms with E-state index in [1.165, 1.54) is 9.77 Å². The Morgan fingerprint density at radius 2 is 2.00 bits per heavy atom. The molecule has 0 atom stereocenters. The van der Waals surface area contributed by atoms with E-state index in [0.717, 1.165) is 23.2 Å². The Kier molecular flexibility index (Phi) is 6.04. The van der Waals surface area contributed by atoms with Gasteiger partial charge in [-0.2, -0.15) is 0 Å². The number of rotatable bonds is 7. The molecule has 2 aromatic rings. The maximum atomic E-state index is 5.87. The molecule has 0 saturated heterocycles. The van der Waals surface area contributed by atoms with Crippen LogP contribution >= 0.6 is 34.7 Å². The fourth-order valence-corrected chi connectivity index (χ4v) is 3.04. The smallest absolute Gasteiger partial charge is 0.119 e. The van der Waals surface area contributed by atoms with Crippen molar-refractivity contribution in [3.05, 3.63) is 45.6 Å². The van der Waals surface area contributed by atoms with Crippen molar-refractivity contribution in [3.63, 3.8) is 0 Å². The average Bonchev–Trinajstić information content (AvgIpc) is 2.85. The van der Waals surface area contributed by atoms with Crippen LogP contribution in [0.2, 0.25) is 4.34 Å². The van der Waals surface area contributed by atoms with Crippen LogP contribution in [-0.2, 0) is 6.54 Å². The molecule has 0 spiro atoms. The van der Waals surface area contributed by atoms with Gasteiger partial charge in [-0.25, -0.2) is 0 Å². The molecule has 1 aromatic heterocycles. The van der Waals surface area contributed by atoms with E-state index in [4.69, 9.17) is 16.3 Å². The Hall–Kier alpha value is -0.680. The number of nitrogens with one attached hydrogen (secondary N) is 1. The molecule has 1 N–H and O–H groups in total. The summed E-state index contributed by atoms with van der Waals surface area (Å²) in [5.74, 6) is 0.916. The summed E-state index contributed by atoms with van der Waals surface area (Å²) in [5, 5.41) is 3.33. The lowest BCUT2D eigenvalue weighted by atomic mass is 10.3. The number of hydrogen-bond acceptors (Lipinski definition) is 4. The number of halogens is 1. The minimum Gasteiger partial charge on any atom is -0.492 e. The topological polar surface area (TPSA) is 21.3 Å². The van der Waals surface area contributed by atoms with Gasteiger partial charge in [-0.1, -0.05) is 11.6 Å². The number of hydrogen-bond donors (Lipinski definition) is 1. The van der Waals surface area contributed by atoms with Gasteiger partial charge in [0, 0.05) is 22.9 Å². The molecule has 0 aliphatic rings. The molecule has 1 aromatic carbocycles. The van der Waals surface area contributed by atoms with Crippen molar-refractivity contribution in [1.29, 1.82) is 0 Å². The van der Waals surface area contributed by atoms with Crippen molar-refractivity contribution in [2.45, 2.75) is 11.4 Å². The largest absolute Gasteiger partial charge is 0.492 e. The summed E-state index contributed by atoms with van der Waals surface area (Å²) in [6.45, 7) is 2.32. The molecule has 1 heterocycles. The van der Waals surface area contributed by atoms with E-state index in [-0.39, 0.29) is 0 Å². The summed E-state index contributed by atoms with van der Waals surface area (Å²) in [7, 11) is 0. The van der Waals surface area contributed by atoms with E-state index in [2.05, 4.69) is 23.7 Å². The van der Waals surface area contributed by atoms with Crippen molar-refractivity contribution in [3.8, 4) is 5.75 Å². The molecule has 102 valence electrons. The second-order valence-corrected chi connectivity index (χ2v) is 6.59. The van der Waals surface area contributed by atoms with Gasteiger partial charge in [0.2, 0.25) is 0 Å². The number of thioether (sulfide) groups is 1. The lowest BCUT2D eigenvalue weighted by Gasteiger charge is -2.07. The Morgan fingerprint density at radius 3 is 2.63 bits per heavy atom. The monoisotopic (exact) mass is 313 g/mol.